The lowest BCUT2D eigenvalue weighted by atomic mass is 9.74. The molecule has 0 radical (unpaired) electrons. The number of benzene rings is 1. The highest BCUT2D eigenvalue weighted by molar-refractivity contribution is 5.95. The molecule has 1 aromatic rings. The summed E-state index contributed by atoms with van der Waals surface area (Å²) in [5.74, 6) is 0.663. The van der Waals surface area contributed by atoms with Crippen LogP contribution in [0.5, 0.6) is 0 Å². The van der Waals surface area contributed by atoms with Gasteiger partial charge in [0.25, 0.3) is 0 Å². The topological polar surface area (TPSA) is 17.1 Å². The van der Waals surface area contributed by atoms with Gasteiger partial charge in [-0.3, -0.25) is 4.79 Å². The largest absolute Gasteiger partial charge is 0.295 e. The van der Waals surface area contributed by atoms with Gasteiger partial charge in [-0.15, -0.1) is 0 Å². The van der Waals surface area contributed by atoms with Crippen molar-refractivity contribution in [3.63, 3.8) is 0 Å². The van der Waals surface area contributed by atoms with Crippen molar-refractivity contribution in [2.45, 2.75) is 65.7 Å². The Morgan fingerprint density at radius 2 is 2.22 bits per heavy atom. The average molecular weight is 320 g/mol. The monoisotopic (exact) mass is 320 g/mol. The first kappa shape index (κ1) is 17.9. The number of ketones is 1. The van der Waals surface area contributed by atoms with Crippen LogP contribution in [0.25, 0.3) is 0 Å². The summed E-state index contributed by atoms with van der Waals surface area (Å²) in [4.78, 5) is 12.4. The maximum Gasteiger partial charge on any atom is 0.158 e. The van der Waals surface area contributed by atoms with E-state index in [-0.39, 0.29) is 14.5 Å². The van der Waals surface area contributed by atoms with Crippen LogP contribution in [-0.4, -0.2) is 5.78 Å². The molecule has 1 aliphatic carbocycles. The zero-order valence-electron chi connectivity index (χ0n) is 14.8. The van der Waals surface area contributed by atoms with E-state index < -0.39 is 0 Å². The van der Waals surface area contributed by atoms with E-state index in [4.69, 9.17) is 0 Å². The molecule has 23 heavy (non-hydrogen) atoms. The van der Waals surface area contributed by atoms with Gasteiger partial charge in [0.05, 0.1) is 0 Å². The second-order valence-electron chi connectivity index (χ2n) is 7.44. The molecular weight excluding hydrogens is 287 g/mol. The van der Waals surface area contributed by atoms with Gasteiger partial charge in [0, 0.05) is 15.7 Å². The molecular formula is C21H33FO. The molecule has 0 aliphatic heterocycles. The predicted octanol–water partition coefficient (Wildman–Crippen LogP) is 6.29. The SMILES string of the molecule is C=C(Cc1ccc(C)c(F)c1)C(=O)CCC1(C)CCCC1CC.[HH].[HH]. The summed E-state index contributed by atoms with van der Waals surface area (Å²) < 4.78 is 13.6. The molecule has 1 nitrogen and oxygen atoms in total. The minimum absolute atomic E-state index is 0. The van der Waals surface area contributed by atoms with Crippen molar-refractivity contribution in [2.24, 2.45) is 11.3 Å². The molecule has 1 saturated carbocycles. The van der Waals surface area contributed by atoms with Crippen LogP contribution in [0.4, 0.5) is 4.39 Å². The maximum absolute atomic E-state index is 13.6. The Morgan fingerprint density at radius 3 is 2.87 bits per heavy atom. The fourth-order valence-electron chi connectivity index (χ4n) is 4.00. The summed E-state index contributed by atoms with van der Waals surface area (Å²) >= 11 is 0. The molecule has 0 bridgehead atoms. The minimum Gasteiger partial charge on any atom is -0.295 e. The van der Waals surface area contributed by atoms with E-state index in [2.05, 4.69) is 20.4 Å². The van der Waals surface area contributed by atoms with Gasteiger partial charge >= 0.3 is 0 Å². The summed E-state index contributed by atoms with van der Waals surface area (Å²) in [6.07, 6.45) is 6.98. The highest BCUT2D eigenvalue weighted by atomic mass is 19.1. The van der Waals surface area contributed by atoms with Gasteiger partial charge in [-0.1, -0.05) is 45.4 Å². The fraction of sp³-hybridized carbons (Fsp3) is 0.571. The number of allylic oxidation sites excluding steroid dienone is 1. The van der Waals surface area contributed by atoms with Crippen LogP contribution in [0.3, 0.4) is 0 Å². The molecule has 0 saturated heterocycles. The number of carbonyl (C=O) groups excluding carboxylic acids is 1. The van der Waals surface area contributed by atoms with Crippen molar-refractivity contribution in [2.75, 3.05) is 0 Å². The van der Waals surface area contributed by atoms with Crippen molar-refractivity contribution < 1.29 is 12.0 Å². The molecule has 2 atom stereocenters. The molecule has 2 rings (SSSR count). The van der Waals surface area contributed by atoms with E-state index in [0.29, 0.717) is 29.4 Å². The Kier molecular flexibility index (Phi) is 5.78. The molecule has 0 heterocycles. The number of carbonyl (C=O) groups is 1. The summed E-state index contributed by atoms with van der Waals surface area (Å²) in [5.41, 5.74) is 2.36. The Labute approximate surface area is 143 Å². The van der Waals surface area contributed by atoms with Crippen molar-refractivity contribution in [3.8, 4) is 0 Å². The van der Waals surface area contributed by atoms with Crippen LogP contribution in [0.15, 0.2) is 30.4 Å². The molecule has 2 unspecified atom stereocenters. The second-order valence-corrected chi connectivity index (χ2v) is 7.44. The number of hydrogen-bond acceptors (Lipinski definition) is 1. The fourth-order valence-corrected chi connectivity index (χ4v) is 4.00. The van der Waals surface area contributed by atoms with Gasteiger partial charge in [0.15, 0.2) is 5.78 Å². The van der Waals surface area contributed by atoms with Crippen LogP contribution in [0, 0.1) is 24.1 Å². The Morgan fingerprint density at radius 1 is 1.48 bits per heavy atom. The first-order valence-electron chi connectivity index (χ1n) is 8.81. The zero-order valence-corrected chi connectivity index (χ0v) is 14.8. The quantitative estimate of drug-likeness (QED) is 0.539. The summed E-state index contributed by atoms with van der Waals surface area (Å²) in [6, 6.07) is 5.15. The second kappa shape index (κ2) is 7.42. The van der Waals surface area contributed by atoms with Gasteiger partial charge in [-0.25, -0.2) is 4.39 Å². The lowest BCUT2D eigenvalue weighted by molar-refractivity contribution is -0.116. The summed E-state index contributed by atoms with van der Waals surface area (Å²) in [7, 11) is 0. The number of aryl methyl sites for hydroxylation is 1. The van der Waals surface area contributed by atoms with Crippen LogP contribution in [0.1, 0.15) is 66.4 Å². The van der Waals surface area contributed by atoms with Crippen molar-refractivity contribution >= 4 is 5.78 Å². The van der Waals surface area contributed by atoms with Crippen LogP contribution in [0.2, 0.25) is 0 Å². The molecule has 2 heteroatoms. The zero-order chi connectivity index (χ0) is 17.0. The predicted molar refractivity (Wildman–Crippen MR) is 98.2 cm³/mol. The minimum atomic E-state index is -0.216. The molecule has 0 spiro atoms. The van der Waals surface area contributed by atoms with Gasteiger partial charge in [0.2, 0.25) is 0 Å². The van der Waals surface area contributed by atoms with E-state index >= 15 is 0 Å². The smallest absolute Gasteiger partial charge is 0.158 e. The van der Waals surface area contributed by atoms with Crippen LogP contribution >= 0.6 is 0 Å². The highest BCUT2D eigenvalue weighted by Crippen LogP contribution is 2.48. The van der Waals surface area contributed by atoms with Gasteiger partial charge in [-0.2, -0.15) is 0 Å². The first-order valence-corrected chi connectivity index (χ1v) is 8.81. The van der Waals surface area contributed by atoms with E-state index in [0.717, 1.165) is 17.9 Å². The molecule has 130 valence electrons. The standard InChI is InChI=1S/C21H29FO.2H2/c1-5-18-7-6-11-21(18,4)12-10-20(23)16(3)13-17-9-8-15(2)19(22)14-17;;/h8-9,14,18H,3,5-7,10-13H2,1-2,4H3;2*1H. The Hall–Kier alpha value is -1.44. The van der Waals surface area contributed by atoms with Gasteiger partial charge in [-0.05, 0) is 60.3 Å². The Bertz CT molecular complexity index is 600. The first-order chi connectivity index (χ1) is 10.9. The van der Waals surface area contributed by atoms with E-state index in [1.165, 1.54) is 31.7 Å². The summed E-state index contributed by atoms with van der Waals surface area (Å²) in [6.45, 7) is 10.3. The highest BCUT2D eigenvalue weighted by Gasteiger charge is 2.37. The molecule has 1 aromatic carbocycles. The van der Waals surface area contributed by atoms with Gasteiger partial charge < -0.3 is 0 Å². The van der Waals surface area contributed by atoms with E-state index in [1.54, 1.807) is 13.0 Å². The molecule has 0 amide bonds. The van der Waals surface area contributed by atoms with Gasteiger partial charge in [0.1, 0.15) is 5.82 Å². The summed E-state index contributed by atoms with van der Waals surface area (Å²) in [5, 5.41) is 0. The van der Waals surface area contributed by atoms with Crippen LogP contribution in [-0.2, 0) is 11.2 Å². The van der Waals surface area contributed by atoms with E-state index in [9.17, 15) is 9.18 Å². The number of Topliss-reactive ketones (excluding diaryl/α,β-unsaturated/α-hetero) is 1. The lowest BCUT2D eigenvalue weighted by Gasteiger charge is -2.31. The third-order valence-electron chi connectivity index (χ3n) is 5.75. The molecule has 0 N–H and O–H groups in total. The maximum atomic E-state index is 13.6. The average Bonchev–Trinajstić information content (AvgIpc) is 2.89. The third kappa shape index (κ3) is 4.31. The van der Waals surface area contributed by atoms with Crippen LogP contribution < -0.4 is 0 Å². The normalized spacial score (nSPS) is 23.9. The lowest BCUT2D eigenvalue weighted by Crippen LogP contribution is -2.22. The Balaban J connectivity index is 0.00000288. The molecule has 1 fully saturated rings. The molecule has 0 aromatic heterocycles. The van der Waals surface area contributed by atoms with Crippen molar-refractivity contribution in [3.05, 3.63) is 47.3 Å². The number of halogens is 1. The number of hydrogen-bond donors (Lipinski definition) is 0. The van der Waals surface area contributed by atoms with Crippen molar-refractivity contribution in [1.29, 1.82) is 0 Å². The number of rotatable bonds is 7. The molecule has 1 aliphatic rings. The third-order valence-corrected chi connectivity index (χ3v) is 5.75. The van der Waals surface area contributed by atoms with E-state index in [1.807, 2.05) is 6.07 Å². The van der Waals surface area contributed by atoms with Crippen molar-refractivity contribution in [1.82, 2.24) is 0 Å².